The van der Waals surface area contributed by atoms with Crippen molar-refractivity contribution in [2.45, 2.75) is 50.9 Å². The highest BCUT2D eigenvalue weighted by Crippen LogP contribution is 2.49. The molecule has 2 amide bonds. The van der Waals surface area contributed by atoms with E-state index in [1.165, 1.54) is 10.6 Å². The molecule has 0 aromatic carbocycles. The molecule has 1 spiro atoms. The molecule has 2 fully saturated rings. The molecule has 1 aliphatic carbocycles. The summed E-state index contributed by atoms with van der Waals surface area (Å²) in [6.45, 7) is 1.39. The van der Waals surface area contributed by atoms with Gasteiger partial charge in [0.05, 0.1) is 11.8 Å². The van der Waals surface area contributed by atoms with E-state index in [2.05, 4.69) is 15.4 Å². The summed E-state index contributed by atoms with van der Waals surface area (Å²) < 4.78 is 16.2. The zero-order valence-corrected chi connectivity index (χ0v) is 16.1. The van der Waals surface area contributed by atoms with Crippen LogP contribution in [0, 0.1) is 22.6 Å². The topological polar surface area (TPSA) is 103 Å². The van der Waals surface area contributed by atoms with Crippen LogP contribution in [-0.2, 0) is 9.59 Å². The van der Waals surface area contributed by atoms with Gasteiger partial charge < -0.3 is 4.90 Å². The molecule has 29 heavy (non-hydrogen) atoms. The van der Waals surface area contributed by atoms with Crippen molar-refractivity contribution in [3.8, 4) is 6.07 Å². The number of carbonyl (C=O) groups excluding carboxylic acids is 2. The Bertz CT molecular complexity index is 963. The zero-order valence-electron chi connectivity index (χ0n) is 16.1. The predicted octanol–water partition coefficient (Wildman–Crippen LogP) is 2.62. The molecule has 0 atom stereocenters. The van der Waals surface area contributed by atoms with E-state index in [9.17, 15) is 14.0 Å². The summed E-state index contributed by atoms with van der Waals surface area (Å²) in [6, 6.07) is 4.89. The van der Waals surface area contributed by atoms with Gasteiger partial charge >= 0.3 is 0 Å². The highest BCUT2D eigenvalue weighted by atomic mass is 19.1. The lowest BCUT2D eigenvalue weighted by Crippen LogP contribution is -2.44. The Morgan fingerprint density at radius 3 is 2.69 bits per heavy atom. The van der Waals surface area contributed by atoms with Crippen molar-refractivity contribution in [3.05, 3.63) is 23.6 Å². The number of nitrogens with zero attached hydrogens (tertiary/aromatic N) is 5. The molecule has 8 nitrogen and oxygen atoms in total. The molecule has 0 unspecified atom stereocenters. The number of nitriles is 1. The lowest BCUT2D eigenvalue weighted by atomic mass is 9.65. The van der Waals surface area contributed by atoms with Gasteiger partial charge in [-0.05, 0) is 56.1 Å². The highest BCUT2D eigenvalue weighted by Gasteiger charge is 2.40. The number of hydrogen-bond acceptors (Lipinski definition) is 5. The third-order valence-corrected chi connectivity index (χ3v) is 6.51. The molecule has 9 heteroatoms. The van der Waals surface area contributed by atoms with E-state index >= 15 is 0 Å². The van der Waals surface area contributed by atoms with E-state index in [-0.39, 0.29) is 35.4 Å². The minimum absolute atomic E-state index is 0.0355. The number of fused-ring (bicyclic) bond motifs is 1. The summed E-state index contributed by atoms with van der Waals surface area (Å²) in [6.07, 6.45) is 5.95. The molecule has 3 heterocycles. The number of pyridine rings is 1. The summed E-state index contributed by atoms with van der Waals surface area (Å²) in [5.74, 6) is -0.199. The average Bonchev–Trinajstić information content (AvgIpc) is 3.13. The summed E-state index contributed by atoms with van der Waals surface area (Å²) in [7, 11) is 0. The van der Waals surface area contributed by atoms with Crippen molar-refractivity contribution in [3.63, 3.8) is 0 Å². The van der Waals surface area contributed by atoms with Gasteiger partial charge in [0.25, 0.3) is 0 Å². The largest absolute Gasteiger partial charge is 0.342 e. The van der Waals surface area contributed by atoms with Crippen molar-refractivity contribution in [1.29, 1.82) is 5.26 Å². The van der Waals surface area contributed by atoms with Crippen LogP contribution in [0.2, 0.25) is 0 Å². The molecule has 1 aliphatic heterocycles. The number of aromatic nitrogens is 3. The van der Waals surface area contributed by atoms with E-state index in [1.807, 2.05) is 6.07 Å². The standard InChI is InChI=1S/C20H23FN6O2/c21-15-1-2-16-24-19(23-13-28)25-27(16)18(15)14-3-6-20(7-4-14)8-11-26(12-9-20)17(29)5-10-22/h1-2,13-14H,3-9,11-12H2,(H,23,25,28). The van der Waals surface area contributed by atoms with E-state index in [4.69, 9.17) is 5.26 Å². The van der Waals surface area contributed by atoms with E-state index in [0.717, 1.165) is 38.5 Å². The Balaban J connectivity index is 1.47. The first-order valence-electron chi connectivity index (χ1n) is 9.95. The molecule has 4 rings (SSSR count). The van der Waals surface area contributed by atoms with Crippen LogP contribution in [0.25, 0.3) is 5.65 Å². The van der Waals surface area contributed by atoms with Crippen LogP contribution in [0.1, 0.15) is 56.6 Å². The Hall–Kier alpha value is -3.02. The van der Waals surface area contributed by atoms with Gasteiger partial charge in [-0.15, -0.1) is 5.10 Å². The summed E-state index contributed by atoms with van der Waals surface area (Å²) in [5, 5.41) is 15.4. The van der Waals surface area contributed by atoms with Crippen molar-refractivity contribution < 1.29 is 14.0 Å². The number of hydrogen-bond donors (Lipinski definition) is 1. The number of nitrogens with one attached hydrogen (secondary N) is 1. The lowest BCUT2D eigenvalue weighted by Gasteiger charge is -2.46. The first-order chi connectivity index (χ1) is 14.0. The van der Waals surface area contributed by atoms with Gasteiger partial charge in [-0.2, -0.15) is 10.2 Å². The smallest absolute Gasteiger partial charge is 0.249 e. The fraction of sp³-hybridized carbons (Fsp3) is 0.550. The third kappa shape index (κ3) is 3.67. The molecule has 2 aliphatic rings. The van der Waals surface area contributed by atoms with Crippen LogP contribution in [0.4, 0.5) is 10.3 Å². The number of halogens is 1. The molecule has 1 saturated heterocycles. The number of piperidine rings is 1. The summed E-state index contributed by atoms with van der Waals surface area (Å²) in [5.41, 5.74) is 1.22. The maximum atomic E-state index is 14.7. The average molecular weight is 398 g/mol. The first kappa shape index (κ1) is 19.3. The van der Waals surface area contributed by atoms with Gasteiger partial charge in [-0.1, -0.05) is 0 Å². The molecule has 1 N–H and O–H groups in total. The molecular formula is C20H23FN6O2. The molecule has 2 aromatic heterocycles. The predicted molar refractivity (Wildman–Crippen MR) is 102 cm³/mol. The van der Waals surface area contributed by atoms with Crippen LogP contribution in [-0.4, -0.2) is 44.9 Å². The fourth-order valence-corrected chi connectivity index (χ4v) is 4.84. The molecule has 0 bridgehead atoms. The first-order valence-corrected chi connectivity index (χ1v) is 9.95. The minimum atomic E-state index is -0.307. The maximum absolute atomic E-state index is 14.7. The minimum Gasteiger partial charge on any atom is -0.342 e. The zero-order chi connectivity index (χ0) is 20.4. The monoisotopic (exact) mass is 398 g/mol. The van der Waals surface area contributed by atoms with Crippen LogP contribution >= 0.6 is 0 Å². The third-order valence-electron chi connectivity index (χ3n) is 6.51. The maximum Gasteiger partial charge on any atom is 0.249 e. The van der Waals surface area contributed by atoms with Crippen LogP contribution in [0.3, 0.4) is 0 Å². The van der Waals surface area contributed by atoms with Crippen molar-refractivity contribution in [2.75, 3.05) is 18.4 Å². The van der Waals surface area contributed by atoms with Crippen LogP contribution in [0.5, 0.6) is 0 Å². The normalized spacial score (nSPS) is 19.2. The van der Waals surface area contributed by atoms with Gasteiger partial charge in [0.2, 0.25) is 18.3 Å². The van der Waals surface area contributed by atoms with E-state index in [0.29, 0.717) is 30.8 Å². The lowest BCUT2D eigenvalue weighted by molar-refractivity contribution is -0.132. The van der Waals surface area contributed by atoms with Gasteiger partial charge in [0, 0.05) is 19.0 Å². The van der Waals surface area contributed by atoms with E-state index in [1.54, 1.807) is 11.0 Å². The quantitative estimate of drug-likeness (QED) is 0.798. The second kappa shape index (κ2) is 7.78. The number of carbonyl (C=O) groups is 2. The van der Waals surface area contributed by atoms with Crippen molar-refractivity contribution in [1.82, 2.24) is 19.5 Å². The Morgan fingerprint density at radius 1 is 1.31 bits per heavy atom. The number of anilines is 1. The van der Waals surface area contributed by atoms with Crippen molar-refractivity contribution in [2.24, 2.45) is 5.41 Å². The second-order valence-corrected chi connectivity index (χ2v) is 8.02. The Morgan fingerprint density at radius 2 is 2.03 bits per heavy atom. The molecule has 1 saturated carbocycles. The number of likely N-dealkylation sites (tertiary alicyclic amines) is 1. The summed E-state index contributed by atoms with van der Waals surface area (Å²) >= 11 is 0. The van der Waals surface area contributed by atoms with E-state index < -0.39 is 0 Å². The molecule has 2 aromatic rings. The van der Waals surface area contributed by atoms with Crippen LogP contribution in [0.15, 0.2) is 12.1 Å². The molecule has 0 radical (unpaired) electrons. The fourth-order valence-electron chi connectivity index (χ4n) is 4.84. The molecule has 152 valence electrons. The number of rotatable bonds is 4. The Kier molecular flexibility index (Phi) is 5.18. The summed E-state index contributed by atoms with van der Waals surface area (Å²) in [4.78, 5) is 28.6. The highest BCUT2D eigenvalue weighted by molar-refractivity contribution is 5.78. The van der Waals surface area contributed by atoms with Gasteiger partial charge in [-0.25, -0.2) is 8.91 Å². The number of amides is 2. The van der Waals surface area contributed by atoms with Crippen LogP contribution < -0.4 is 5.32 Å². The van der Waals surface area contributed by atoms with Gasteiger partial charge in [0.15, 0.2) is 5.65 Å². The Labute approximate surface area is 167 Å². The second-order valence-electron chi connectivity index (χ2n) is 8.02. The molecular weight excluding hydrogens is 375 g/mol. The van der Waals surface area contributed by atoms with Gasteiger partial charge in [0.1, 0.15) is 12.2 Å². The van der Waals surface area contributed by atoms with Gasteiger partial charge in [-0.3, -0.25) is 14.9 Å². The SMILES string of the molecule is N#CCC(=O)N1CCC2(CCC(c3c(F)ccc4nc(NC=O)nn34)CC2)CC1. The van der Waals surface area contributed by atoms with Crippen molar-refractivity contribution >= 4 is 23.9 Å².